The summed E-state index contributed by atoms with van der Waals surface area (Å²) in [7, 11) is 2.28. The number of carbonyl (C=O) groups is 2. The number of nitrogens with one attached hydrogen (secondary N) is 1. The second-order valence-electron chi connectivity index (χ2n) is 10.8. The maximum atomic E-state index is 12.8. The number of hydrogen-bond acceptors (Lipinski definition) is 7. The van der Waals surface area contributed by atoms with Crippen molar-refractivity contribution in [3.63, 3.8) is 0 Å². The molecule has 0 aliphatic carbocycles. The maximum absolute atomic E-state index is 12.8. The molecule has 0 saturated heterocycles. The Hall–Kier alpha value is -2.52. The SMILES string of the molecule is COC(=O)/C=C/[C@H](c1ccc(OC)c(OC)c1)[C@@H](CO[Si](C)(C)C(C)(C)C)NC(=O)OC(C)(C)C. The highest BCUT2D eigenvalue weighted by Crippen LogP contribution is 2.38. The topological polar surface area (TPSA) is 92.3 Å². The molecular weight excluding hydrogens is 466 g/mol. The van der Waals surface area contributed by atoms with Gasteiger partial charge in [0.2, 0.25) is 0 Å². The Labute approximate surface area is 211 Å². The molecule has 0 aliphatic heterocycles. The lowest BCUT2D eigenvalue weighted by Crippen LogP contribution is -2.49. The fourth-order valence-electron chi connectivity index (χ4n) is 3.00. The molecule has 0 spiro atoms. The highest BCUT2D eigenvalue weighted by Gasteiger charge is 2.38. The van der Waals surface area contributed by atoms with Gasteiger partial charge in [-0.3, -0.25) is 0 Å². The monoisotopic (exact) mass is 509 g/mol. The summed E-state index contributed by atoms with van der Waals surface area (Å²) in [4.78, 5) is 24.8. The summed E-state index contributed by atoms with van der Waals surface area (Å²) in [5.41, 5.74) is 0.123. The van der Waals surface area contributed by atoms with Gasteiger partial charge in [0.05, 0.1) is 34.0 Å². The van der Waals surface area contributed by atoms with Gasteiger partial charge in [-0.1, -0.05) is 32.9 Å². The highest BCUT2D eigenvalue weighted by molar-refractivity contribution is 6.74. The largest absolute Gasteiger partial charge is 0.493 e. The molecule has 9 heteroatoms. The number of alkyl carbamates (subject to hydrolysis) is 1. The maximum Gasteiger partial charge on any atom is 0.407 e. The summed E-state index contributed by atoms with van der Waals surface area (Å²) < 4.78 is 27.7. The lowest BCUT2D eigenvalue weighted by molar-refractivity contribution is -0.134. The van der Waals surface area contributed by atoms with Crippen molar-refractivity contribution in [2.75, 3.05) is 27.9 Å². The molecule has 1 rings (SSSR count). The van der Waals surface area contributed by atoms with Crippen LogP contribution in [-0.2, 0) is 18.7 Å². The Morgan fingerprint density at radius 1 is 1.00 bits per heavy atom. The van der Waals surface area contributed by atoms with Crippen LogP contribution in [0, 0.1) is 0 Å². The molecule has 1 amide bonds. The number of rotatable bonds is 10. The molecule has 35 heavy (non-hydrogen) atoms. The predicted octanol–water partition coefficient (Wildman–Crippen LogP) is 5.43. The zero-order valence-corrected chi connectivity index (χ0v) is 24.1. The Kier molecular flexibility index (Phi) is 10.8. The van der Waals surface area contributed by atoms with E-state index in [-0.39, 0.29) is 11.6 Å². The summed E-state index contributed by atoms with van der Waals surface area (Å²) in [6.45, 7) is 16.4. The van der Waals surface area contributed by atoms with E-state index >= 15 is 0 Å². The van der Waals surface area contributed by atoms with Crippen molar-refractivity contribution in [1.29, 1.82) is 0 Å². The van der Waals surface area contributed by atoms with Crippen LogP contribution in [0.5, 0.6) is 11.5 Å². The number of amides is 1. The van der Waals surface area contributed by atoms with Crippen LogP contribution in [0.1, 0.15) is 53.0 Å². The van der Waals surface area contributed by atoms with Gasteiger partial charge in [0.1, 0.15) is 5.60 Å². The molecule has 1 aromatic rings. The molecule has 198 valence electrons. The van der Waals surface area contributed by atoms with Crippen LogP contribution in [0.15, 0.2) is 30.4 Å². The lowest BCUT2D eigenvalue weighted by atomic mass is 9.91. The number of carbonyl (C=O) groups excluding carboxylic acids is 2. The Bertz CT molecular complexity index is 885. The molecule has 0 unspecified atom stereocenters. The molecule has 8 nitrogen and oxygen atoms in total. The first kappa shape index (κ1) is 30.5. The van der Waals surface area contributed by atoms with Gasteiger partial charge in [-0.05, 0) is 56.6 Å². The van der Waals surface area contributed by atoms with Crippen LogP contribution in [0.2, 0.25) is 18.1 Å². The number of methoxy groups -OCH3 is 3. The average Bonchev–Trinajstić information content (AvgIpc) is 2.74. The molecule has 0 saturated carbocycles. The molecule has 0 bridgehead atoms. The van der Waals surface area contributed by atoms with Crippen LogP contribution in [0.4, 0.5) is 4.79 Å². The van der Waals surface area contributed by atoms with Crippen LogP contribution < -0.4 is 14.8 Å². The van der Waals surface area contributed by atoms with Gasteiger partial charge < -0.3 is 28.7 Å². The van der Waals surface area contributed by atoms with Gasteiger partial charge in [0.25, 0.3) is 0 Å². The third-order valence-electron chi connectivity index (χ3n) is 6.00. The standard InChI is InChI=1S/C26H43NO7Si/c1-25(2,3)34-24(29)27-20(17-33-35(10,11)26(4,5)6)19(13-15-23(28)32-9)18-12-14-21(30-7)22(16-18)31-8/h12-16,19-20H,17H2,1-11H3,(H,27,29)/b15-13+/t19-,20-/m1/s1. The summed E-state index contributed by atoms with van der Waals surface area (Å²) in [5, 5.41) is 2.94. The van der Waals surface area contributed by atoms with Gasteiger partial charge in [0, 0.05) is 12.0 Å². The van der Waals surface area contributed by atoms with E-state index in [1.165, 1.54) is 13.2 Å². The van der Waals surface area contributed by atoms with Crippen LogP contribution in [0.25, 0.3) is 0 Å². The van der Waals surface area contributed by atoms with Crippen molar-refractivity contribution in [2.24, 2.45) is 0 Å². The molecule has 0 fully saturated rings. The zero-order valence-electron chi connectivity index (χ0n) is 23.1. The normalized spacial score (nSPS) is 14.3. The molecule has 0 aliphatic rings. The van der Waals surface area contributed by atoms with Gasteiger partial charge in [-0.25, -0.2) is 9.59 Å². The van der Waals surface area contributed by atoms with E-state index in [0.29, 0.717) is 11.5 Å². The molecule has 0 heterocycles. The minimum Gasteiger partial charge on any atom is -0.493 e. The lowest BCUT2D eigenvalue weighted by Gasteiger charge is -2.38. The first-order chi connectivity index (χ1) is 16.0. The Morgan fingerprint density at radius 2 is 1.60 bits per heavy atom. The number of esters is 1. The van der Waals surface area contributed by atoms with E-state index in [9.17, 15) is 9.59 Å². The predicted molar refractivity (Wildman–Crippen MR) is 140 cm³/mol. The summed E-state index contributed by atoms with van der Waals surface area (Å²) in [6.07, 6.45) is 2.47. The van der Waals surface area contributed by atoms with E-state index in [0.717, 1.165) is 5.56 Å². The summed E-state index contributed by atoms with van der Waals surface area (Å²) in [5.74, 6) is 0.145. The molecule has 1 aromatic carbocycles. The van der Waals surface area contributed by atoms with Gasteiger partial charge >= 0.3 is 12.1 Å². The number of ether oxygens (including phenoxy) is 4. The molecule has 0 radical (unpaired) electrons. The van der Waals surface area contributed by atoms with Crippen LogP contribution in [0.3, 0.4) is 0 Å². The quantitative estimate of drug-likeness (QED) is 0.255. The molecule has 2 atom stereocenters. The number of hydrogen-bond donors (Lipinski definition) is 1. The zero-order chi connectivity index (χ0) is 27.0. The van der Waals surface area contributed by atoms with Gasteiger partial charge in [0.15, 0.2) is 19.8 Å². The molecule has 0 aromatic heterocycles. The van der Waals surface area contributed by atoms with Gasteiger partial charge in [-0.15, -0.1) is 0 Å². The first-order valence-corrected chi connectivity index (χ1v) is 14.6. The van der Waals surface area contributed by atoms with E-state index in [1.54, 1.807) is 47.1 Å². The van der Waals surface area contributed by atoms with E-state index in [2.05, 4.69) is 39.2 Å². The van der Waals surface area contributed by atoms with E-state index in [1.807, 2.05) is 12.1 Å². The smallest absolute Gasteiger partial charge is 0.407 e. The Morgan fingerprint density at radius 3 is 2.09 bits per heavy atom. The second kappa shape index (κ2) is 12.4. The fraction of sp³-hybridized carbons (Fsp3) is 0.615. The number of benzene rings is 1. The first-order valence-electron chi connectivity index (χ1n) is 11.7. The van der Waals surface area contributed by atoms with E-state index < -0.39 is 37.9 Å². The van der Waals surface area contributed by atoms with Crippen molar-refractivity contribution in [3.05, 3.63) is 35.9 Å². The summed E-state index contributed by atoms with van der Waals surface area (Å²) >= 11 is 0. The minimum atomic E-state index is -2.15. The van der Waals surface area contributed by atoms with Crippen molar-refractivity contribution in [3.8, 4) is 11.5 Å². The third-order valence-corrected chi connectivity index (χ3v) is 10.5. The Balaban J connectivity index is 3.51. The van der Waals surface area contributed by atoms with Crippen molar-refractivity contribution < 1.29 is 33.0 Å². The van der Waals surface area contributed by atoms with E-state index in [4.69, 9.17) is 23.4 Å². The van der Waals surface area contributed by atoms with Crippen molar-refractivity contribution in [2.45, 2.75) is 77.2 Å². The molecular formula is C26H43NO7Si. The second-order valence-corrected chi connectivity index (χ2v) is 15.7. The average molecular weight is 510 g/mol. The van der Waals surface area contributed by atoms with Crippen molar-refractivity contribution >= 4 is 20.4 Å². The highest BCUT2D eigenvalue weighted by atomic mass is 28.4. The summed E-state index contributed by atoms with van der Waals surface area (Å²) in [6, 6.07) is 4.93. The van der Waals surface area contributed by atoms with Gasteiger partial charge in [-0.2, -0.15) is 0 Å². The fourth-order valence-corrected chi connectivity index (χ4v) is 4.03. The third kappa shape index (κ3) is 9.56. The molecule has 1 N–H and O–H groups in total. The van der Waals surface area contributed by atoms with Crippen molar-refractivity contribution in [1.82, 2.24) is 5.32 Å². The minimum absolute atomic E-state index is 0.0237. The van der Waals surface area contributed by atoms with Crippen LogP contribution in [-0.4, -0.2) is 60.0 Å². The van der Waals surface area contributed by atoms with Crippen LogP contribution >= 0.6 is 0 Å².